The lowest BCUT2D eigenvalue weighted by molar-refractivity contribution is 0.171. The van der Waals surface area contributed by atoms with E-state index in [1.807, 2.05) is 0 Å². The average Bonchev–Trinajstić information content (AvgIpc) is 3.31. The lowest BCUT2D eigenvalue weighted by Crippen LogP contribution is -2.37. The first-order valence-electron chi connectivity index (χ1n) is 9.78. The van der Waals surface area contributed by atoms with Gasteiger partial charge in [-0.15, -0.1) is 10.2 Å². The molecule has 0 spiro atoms. The Morgan fingerprint density at radius 1 is 1.21 bits per heavy atom. The molecule has 0 saturated carbocycles. The predicted molar refractivity (Wildman–Crippen MR) is 109 cm³/mol. The molecule has 0 radical (unpaired) electrons. The Morgan fingerprint density at radius 3 is 2.89 bits per heavy atom. The normalized spacial score (nSPS) is 13.5. The molecule has 28 heavy (non-hydrogen) atoms. The van der Waals surface area contributed by atoms with Gasteiger partial charge in [0.2, 0.25) is 0 Å². The van der Waals surface area contributed by atoms with Crippen LogP contribution in [0.4, 0.5) is 0 Å². The van der Waals surface area contributed by atoms with Crippen molar-refractivity contribution in [2.24, 2.45) is 4.99 Å². The summed E-state index contributed by atoms with van der Waals surface area (Å²) in [5.74, 6) is 3.65. The van der Waals surface area contributed by atoms with Crippen LogP contribution in [0.25, 0.3) is 0 Å². The minimum absolute atomic E-state index is 0.598. The van der Waals surface area contributed by atoms with Gasteiger partial charge in [-0.05, 0) is 25.0 Å². The molecule has 2 aromatic rings. The van der Waals surface area contributed by atoms with Gasteiger partial charge in [0, 0.05) is 52.3 Å². The lowest BCUT2D eigenvalue weighted by atomic mass is 10.1. The van der Waals surface area contributed by atoms with Crippen LogP contribution in [-0.4, -0.2) is 48.1 Å². The minimum atomic E-state index is 0.598. The summed E-state index contributed by atoms with van der Waals surface area (Å²) in [7, 11) is 3.47. The zero-order chi connectivity index (χ0) is 19.8. The Hall–Kier alpha value is -2.61. The van der Waals surface area contributed by atoms with Gasteiger partial charge < -0.3 is 24.7 Å². The predicted octanol–water partition coefficient (Wildman–Crippen LogP) is 1.81. The Kier molecular flexibility index (Phi) is 7.25. The number of hydrogen-bond donors (Lipinski definition) is 2. The Balaban J connectivity index is 1.54. The van der Waals surface area contributed by atoms with E-state index in [0.29, 0.717) is 26.3 Å². The molecule has 3 rings (SSSR count). The quantitative estimate of drug-likeness (QED) is 0.388. The molecular formula is C20H30N6O2. The van der Waals surface area contributed by atoms with Crippen molar-refractivity contribution in [2.75, 3.05) is 27.4 Å². The fourth-order valence-electron chi connectivity index (χ4n) is 3.23. The number of nitrogens with zero attached hydrogens (tertiary/aromatic N) is 4. The second-order valence-corrected chi connectivity index (χ2v) is 6.87. The molecule has 0 bridgehead atoms. The van der Waals surface area contributed by atoms with E-state index in [2.05, 4.69) is 55.5 Å². The summed E-state index contributed by atoms with van der Waals surface area (Å²) < 4.78 is 13.2. The Bertz CT molecular complexity index is 802. The third kappa shape index (κ3) is 5.22. The summed E-state index contributed by atoms with van der Waals surface area (Å²) in [5.41, 5.74) is 2.27. The maximum atomic E-state index is 5.95. The van der Waals surface area contributed by atoms with E-state index in [-0.39, 0.29) is 0 Å². The van der Waals surface area contributed by atoms with Gasteiger partial charge >= 0.3 is 0 Å². The standard InChI is InChI=1S/C20H30N6O2/c1-15-7-8-16(17(12-15)28-11-5-10-27-3)13-22-20(21-2)23-14-19-25-24-18-6-4-9-26(18)19/h7-8,12H,4-6,9-11,13-14H2,1-3H3,(H2,21,22,23). The van der Waals surface area contributed by atoms with Crippen molar-refractivity contribution in [3.8, 4) is 5.75 Å². The highest BCUT2D eigenvalue weighted by atomic mass is 16.5. The molecule has 152 valence electrons. The second kappa shape index (κ2) is 10.1. The van der Waals surface area contributed by atoms with Crippen LogP contribution >= 0.6 is 0 Å². The van der Waals surface area contributed by atoms with Gasteiger partial charge in [0.15, 0.2) is 11.8 Å². The summed E-state index contributed by atoms with van der Waals surface area (Å²) >= 11 is 0. The van der Waals surface area contributed by atoms with Crippen molar-refractivity contribution in [3.63, 3.8) is 0 Å². The summed E-state index contributed by atoms with van der Waals surface area (Å²) in [5, 5.41) is 15.2. The van der Waals surface area contributed by atoms with E-state index in [4.69, 9.17) is 9.47 Å². The highest BCUT2D eigenvalue weighted by Gasteiger charge is 2.17. The summed E-state index contributed by atoms with van der Waals surface area (Å²) in [4.78, 5) is 4.31. The molecule has 0 amide bonds. The molecule has 0 fully saturated rings. The smallest absolute Gasteiger partial charge is 0.191 e. The SMILES string of the molecule is CN=C(NCc1ccc(C)cc1OCCCOC)NCc1nnc2n1CCC2. The van der Waals surface area contributed by atoms with Crippen LogP contribution in [0.5, 0.6) is 5.75 Å². The molecule has 1 aromatic heterocycles. The van der Waals surface area contributed by atoms with Gasteiger partial charge in [-0.1, -0.05) is 12.1 Å². The first kappa shape index (κ1) is 20.1. The van der Waals surface area contributed by atoms with E-state index in [0.717, 1.165) is 54.7 Å². The van der Waals surface area contributed by atoms with Crippen molar-refractivity contribution in [2.45, 2.75) is 45.8 Å². The van der Waals surface area contributed by atoms with Crippen molar-refractivity contribution in [3.05, 3.63) is 41.0 Å². The summed E-state index contributed by atoms with van der Waals surface area (Å²) in [6, 6.07) is 6.25. The molecule has 1 aliphatic rings. The van der Waals surface area contributed by atoms with Crippen LogP contribution in [0.2, 0.25) is 0 Å². The fourth-order valence-corrected chi connectivity index (χ4v) is 3.23. The Labute approximate surface area is 166 Å². The maximum Gasteiger partial charge on any atom is 0.191 e. The zero-order valence-electron chi connectivity index (χ0n) is 17.0. The van der Waals surface area contributed by atoms with Crippen LogP contribution in [0.1, 0.15) is 35.6 Å². The van der Waals surface area contributed by atoms with Crippen molar-refractivity contribution in [1.82, 2.24) is 25.4 Å². The molecule has 0 saturated heterocycles. The molecular weight excluding hydrogens is 356 g/mol. The van der Waals surface area contributed by atoms with Crippen LogP contribution in [-0.2, 0) is 30.8 Å². The van der Waals surface area contributed by atoms with Crippen LogP contribution in [0.15, 0.2) is 23.2 Å². The number of fused-ring (bicyclic) bond motifs is 1. The first-order chi connectivity index (χ1) is 13.7. The van der Waals surface area contributed by atoms with E-state index in [1.54, 1.807) is 14.2 Å². The monoisotopic (exact) mass is 386 g/mol. The third-order valence-corrected chi connectivity index (χ3v) is 4.74. The molecule has 8 heteroatoms. The number of aromatic nitrogens is 3. The van der Waals surface area contributed by atoms with Crippen molar-refractivity contribution >= 4 is 5.96 Å². The molecule has 2 N–H and O–H groups in total. The van der Waals surface area contributed by atoms with Crippen LogP contribution < -0.4 is 15.4 Å². The van der Waals surface area contributed by atoms with E-state index in [9.17, 15) is 0 Å². The summed E-state index contributed by atoms with van der Waals surface area (Å²) in [6.45, 7) is 5.62. The van der Waals surface area contributed by atoms with Gasteiger partial charge in [-0.2, -0.15) is 0 Å². The number of methoxy groups -OCH3 is 1. The number of guanidine groups is 1. The van der Waals surface area contributed by atoms with Gasteiger partial charge in [0.05, 0.1) is 13.2 Å². The number of ether oxygens (including phenoxy) is 2. The number of benzene rings is 1. The topological polar surface area (TPSA) is 85.6 Å². The molecule has 2 heterocycles. The fraction of sp³-hybridized carbons (Fsp3) is 0.550. The molecule has 0 atom stereocenters. The van der Waals surface area contributed by atoms with Gasteiger partial charge in [0.25, 0.3) is 0 Å². The third-order valence-electron chi connectivity index (χ3n) is 4.74. The van der Waals surface area contributed by atoms with Gasteiger partial charge in [-0.25, -0.2) is 0 Å². The number of hydrogen-bond acceptors (Lipinski definition) is 5. The number of aryl methyl sites for hydroxylation is 2. The number of aliphatic imine (C=N–C) groups is 1. The number of rotatable bonds is 9. The molecule has 8 nitrogen and oxygen atoms in total. The Morgan fingerprint density at radius 2 is 2.07 bits per heavy atom. The first-order valence-corrected chi connectivity index (χ1v) is 9.78. The molecule has 0 unspecified atom stereocenters. The molecule has 1 aromatic carbocycles. The highest BCUT2D eigenvalue weighted by molar-refractivity contribution is 5.79. The number of nitrogens with one attached hydrogen (secondary N) is 2. The van der Waals surface area contributed by atoms with Crippen molar-refractivity contribution in [1.29, 1.82) is 0 Å². The zero-order valence-corrected chi connectivity index (χ0v) is 17.0. The van der Waals surface area contributed by atoms with Gasteiger partial charge in [0.1, 0.15) is 11.6 Å². The summed E-state index contributed by atoms with van der Waals surface area (Å²) in [6.07, 6.45) is 3.02. The van der Waals surface area contributed by atoms with Crippen LogP contribution in [0, 0.1) is 6.92 Å². The van der Waals surface area contributed by atoms with Crippen LogP contribution in [0.3, 0.4) is 0 Å². The van der Waals surface area contributed by atoms with Gasteiger partial charge in [-0.3, -0.25) is 4.99 Å². The molecule has 1 aliphatic heterocycles. The van der Waals surface area contributed by atoms with E-state index in [1.165, 1.54) is 5.56 Å². The van der Waals surface area contributed by atoms with E-state index < -0.39 is 0 Å². The molecule has 0 aliphatic carbocycles. The lowest BCUT2D eigenvalue weighted by Gasteiger charge is -2.15. The van der Waals surface area contributed by atoms with E-state index >= 15 is 0 Å². The van der Waals surface area contributed by atoms with Crippen molar-refractivity contribution < 1.29 is 9.47 Å². The second-order valence-electron chi connectivity index (χ2n) is 6.87. The minimum Gasteiger partial charge on any atom is -0.493 e. The highest BCUT2D eigenvalue weighted by Crippen LogP contribution is 2.20. The maximum absolute atomic E-state index is 5.95. The average molecular weight is 387 g/mol. The largest absolute Gasteiger partial charge is 0.493 e.